The molecule has 0 aromatic heterocycles. The van der Waals surface area contributed by atoms with Crippen molar-refractivity contribution in [2.75, 3.05) is 27.3 Å². The van der Waals surface area contributed by atoms with Crippen LogP contribution in [0, 0.1) is 0 Å². The minimum Gasteiger partial charge on any atom is -0.481 e. The van der Waals surface area contributed by atoms with Crippen molar-refractivity contribution >= 4 is 12.0 Å². The average molecular weight is 288 g/mol. The third-order valence-electron chi connectivity index (χ3n) is 3.61. The summed E-state index contributed by atoms with van der Waals surface area (Å²) in [5, 5.41) is 21.4. The lowest BCUT2D eigenvalue weighted by atomic mass is 9.93. The maximum atomic E-state index is 12.1. The van der Waals surface area contributed by atoms with Crippen LogP contribution in [0.15, 0.2) is 0 Å². The largest absolute Gasteiger partial charge is 0.481 e. The molecule has 7 heteroatoms. The van der Waals surface area contributed by atoms with E-state index in [1.807, 2.05) is 0 Å². The first-order valence-electron chi connectivity index (χ1n) is 6.80. The van der Waals surface area contributed by atoms with Crippen LogP contribution in [0.5, 0.6) is 0 Å². The molecule has 1 rings (SSSR count). The van der Waals surface area contributed by atoms with Crippen LogP contribution in [0.3, 0.4) is 0 Å². The second-order valence-electron chi connectivity index (χ2n) is 5.48. The summed E-state index contributed by atoms with van der Waals surface area (Å²) in [4.78, 5) is 24.4. The van der Waals surface area contributed by atoms with Crippen molar-refractivity contribution in [3.05, 3.63) is 0 Å². The molecular formula is C13H24N2O5. The number of hydrogen-bond donors (Lipinski definition) is 3. The van der Waals surface area contributed by atoms with E-state index in [9.17, 15) is 14.7 Å². The molecule has 1 unspecified atom stereocenters. The van der Waals surface area contributed by atoms with Crippen LogP contribution in [0.25, 0.3) is 0 Å². The van der Waals surface area contributed by atoms with Gasteiger partial charge in [0.15, 0.2) is 0 Å². The Morgan fingerprint density at radius 1 is 1.40 bits per heavy atom. The van der Waals surface area contributed by atoms with E-state index in [2.05, 4.69) is 5.32 Å². The number of aliphatic hydroxyl groups is 1. The Labute approximate surface area is 118 Å². The summed E-state index contributed by atoms with van der Waals surface area (Å²) in [6, 6.07) is -0.358. The first-order chi connectivity index (χ1) is 9.38. The van der Waals surface area contributed by atoms with Crippen molar-refractivity contribution in [2.45, 2.75) is 43.7 Å². The number of nitrogens with one attached hydrogen (secondary N) is 1. The SMILES string of the molecule is COCC(O)CN(C)C(=O)NC1(CC(=O)O)CCCC1. The Hall–Kier alpha value is -1.34. The summed E-state index contributed by atoms with van der Waals surface area (Å²) in [7, 11) is 3.04. The van der Waals surface area contributed by atoms with Gasteiger partial charge in [0.2, 0.25) is 0 Å². The van der Waals surface area contributed by atoms with E-state index in [4.69, 9.17) is 9.84 Å². The lowest BCUT2D eigenvalue weighted by molar-refractivity contribution is -0.138. The molecule has 0 saturated heterocycles. The van der Waals surface area contributed by atoms with E-state index >= 15 is 0 Å². The number of carbonyl (C=O) groups excluding carboxylic acids is 1. The Balaban J connectivity index is 2.55. The van der Waals surface area contributed by atoms with Gasteiger partial charge in [-0.1, -0.05) is 12.8 Å². The van der Waals surface area contributed by atoms with Crippen molar-refractivity contribution in [1.29, 1.82) is 0 Å². The van der Waals surface area contributed by atoms with Crippen molar-refractivity contribution < 1.29 is 24.5 Å². The summed E-state index contributed by atoms with van der Waals surface area (Å²) in [5.41, 5.74) is -0.649. The fraction of sp³-hybridized carbons (Fsp3) is 0.846. The molecular weight excluding hydrogens is 264 g/mol. The molecule has 0 radical (unpaired) electrons. The molecule has 1 aliphatic rings. The minimum atomic E-state index is -0.908. The zero-order valence-corrected chi connectivity index (χ0v) is 12.1. The Bertz CT molecular complexity index is 342. The Morgan fingerprint density at radius 2 is 2.00 bits per heavy atom. The first kappa shape index (κ1) is 16.7. The van der Waals surface area contributed by atoms with Crippen LogP contribution in [0.2, 0.25) is 0 Å². The van der Waals surface area contributed by atoms with Crippen LogP contribution >= 0.6 is 0 Å². The van der Waals surface area contributed by atoms with Crippen LogP contribution in [0.1, 0.15) is 32.1 Å². The van der Waals surface area contributed by atoms with Gasteiger partial charge in [0.1, 0.15) is 0 Å². The highest BCUT2D eigenvalue weighted by atomic mass is 16.5. The maximum Gasteiger partial charge on any atom is 0.317 e. The van der Waals surface area contributed by atoms with Gasteiger partial charge in [-0.05, 0) is 12.8 Å². The third-order valence-corrected chi connectivity index (χ3v) is 3.61. The van der Waals surface area contributed by atoms with Crippen molar-refractivity contribution in [1.82, 2.24) is 10.2 Å². The number of nitrogens with zero attached hydrogens (tertiary/aromatic N) is 1. The average Bonchev–Trinajstić information content (AvgIpc) is 2.76. The molecule has 0 aromatic carbocycles. The smallest absolute Gasteiger partial charge is 0.317 e. The van der Waals surface area contributed by atoms with Gasteiger partial charge in [-0.25, -0.2) is 4.79 Å². The first-order valence-corrected chi connectivity index (χ1v) is 6.80. The second kappa shape index (κ2) is 7.44. The van der Waals surface area contributed by atoms with E-state index in [0.717, 1.165) is 12.8 Å². The highest BCUT2D eigenvalue weighted by Crippen LogP contribution is 2.32. The number of hydrogen-bond acceptors (Lipinski definition) is 4. The molecule has 0 heterocycles. The quantitative estimate of drug-likeness (QED) is 0.630. The molecule has 1 aliphatic carbocycles. The van der Waals surface area contributed by atoms with E-state index in [1.165, 1.54) is 12.0 Å². The van der Waals surface area contributed by atoms with E-state index < -0.39 is 17.6 Å². The highest BCUT2D eigenvalue weighted by molar-refractivity contribution is 5.76. The second-order valence-corrected chi connectivity index (χ2v) is 5.48. The fourth-order valence-electron chi connectivity index (χ4n) is 2.65. The number of carboxylic acids is 1. The van der Waals surface area contributed by atoms with Crippen molar-refractivity contribution in [3.63, 3.8) is 0 Å². The van der Waals surface area contributed by atoms with Crippen LogP contribution in [0.4, 0.5) is 4.79 Å². The molecule has 0 bridgehead atoms. The van der Waals surface area contributed by atoms with E-state index in [1.54, 1.807) is 7.05 Å². The van der Waals surface area contributed by atoms with Gasteiger partial charge < -0.3 is 25.2 Å². The summed E-state index contributed by atoms with van der Waals surface area (Å²) >= 11 is 0. The normalized spacial score (nSPS) is 18.6. The predicted molar refractivity (Wildman–Crippen MR) is 72.5 cm³/mol. The molecule has 116 valence electrons. The summed E-state index contributed by atoms with van der Waals surface area (Å²) in [5.74, 6) is -0.908. The summed E-state index contributed by atoms with van der Waals surface area (Å²) in [6.45, 7) is 0.292. The molecule has 0 aromatic rings. The van der Waals surface area contributed by atoms with Crippen LogP contribution in [-0.4, -0.2) is 66.1 Å². The van der Waals surface area contributed by atoms with Gasteiger partial charge in [-0.2, -0.15) is 0 Å². The molecule has 0 aliphatic heterocycles. The van der Waals surface area contributed by atoms with Crippen molar-refractivity contribution in [3.8, 4) is 0 Å². The highest BCUT2D eigenvalue weighted by Gasteiger charge is 2.38. The third kappa shape index (κ3) is 4.97. The molecule has 20 heavy (non-hydrogen) atoms. The number of carbonyl (C=O) groups is 2. The molecule has 7 nitrogen and oxygen atoms in total. The summed E-state index contributed by atoms with van der Waals surface area (Å²) in [6.07, 6.45) is 2.38. The van der Waals surface area contributed by atoms with Gasteiger partial charge in [-0.15, -0.1) is 0 Å². The lowest BCUT2D eigenvalue weighted by Gasteiger charge is -2.31. The number of methoxy groups -OCH3 is 1. The number of aliphatic carboxylic acids is 1. The van der Waals surface area contributed by atoms with E-state index in [-0.39, 0.29) is 25.6 Å². The number of ether oxygens (including phenoxy) is 1. The number of aliphatic hydroxyl groups excluding tert-OH is 1. The van der Waals surface area contributed by atoms with Gasteiger partial charge in [0.25, 0.3) is 0 Å². The molecule has 1 saturated carbocycles. The number of urea groups is 1. The van der Waals surface area contributed by atoms with Crippen LogP contribution in [-0.2, 0) is 9.53 Å². The predicted octanol–water partition coefficient (Wildman–Crippen LogP) is 0.423. The molecule has 1 atom stereocenters. The minimum absolute atomic E-state index is 0.0623. The summed E-state index contributed by atoms with van der Waals surface area (Å²) < 4.78 is 4.80. The molecule has 1 fully saturated rings. The zero-order chi connectivity index (χ0) is 15.2. The maximum absolute atomic E-state index is 12.1. The van der Waals surface area contributed by atoms with Crippen molar-refractivity contribution in [2.24, 2.45) is 0 Å². The monoisotopic (exact) mass is 288 g/mol. The standard InChI is InChI=1S/C13H24N2O5/c1-15(8-10(16)9-20-2)12(19)14-13(7-11(17)18)5-3-4-6-13/h10,16H,3-9H2,1-2H3,(H,14,19)(H,17,18). The van der Waals surface area contributed by atoms with Gasteiger partial charge in [0, 0.05) is 14.2 Å². The number of carboxylic acid groups (broad SMARTS) is 1. The topological polar surface area (TPSA) is 99.1 Å². The fourth-order valence-corrected chi connectivity index (χ4v) is 2.65. The van der Waals surface area contributed by atoms with Gasteiger partial charge >= 0.3 is 12.0 Å². The Morgan fingerprint density at radius 3 is 2.50 bits per heavy atom. The van der Waals surface area contributed by atoms with Crippen LogP contribution < -0.4 is 5.32 Å². The number of likely N-dealkylation sites (N-methyl/N-ethyl adjacent to an activating group) is 1. The molecule has 2 amide bonds. The van der Waals surface area contributed by atoms with E-state index in [0.29, 0.717) is 12.8 Å². The van der Waals surface area contributed by atoms with Gasteiger partial charge in [-0.3, -0.25) is 4.79 Å². The number of amides is 2. The van der Waals surface area contributed by atoms with Gasteiger partial charge in [0.05, 0.1) is 31.2 Å². The lowest BCUT2D eigenvalue weighted by Crippen LogP contribution is -2.53. The number of rotatable bonds is 7. The molecule has 3 N–H and O–H groups in total. The Kier molecular flexibility index (Phi) is 6.22. The molecule has 0 spiro atoms. The zero-order valence-electron chi connectivity index (χ0n) is 12.1.